The molecular formula is C20H16F3N5O. The third-order valence-electron chi connectivity index (χ3n) is 4.11. The maximum Gasteiger partial charge on any atom is 0.422 e. The standard InChI is InChI=1S/C20H16F3N5O/c1-13-25-16-4-2-3-5-17(16)28(13)19-11-24-10-18(27-19)26-14-6-8-15(9-7-14)29-12-20(21,22)23/h2-11H,12H2,1H3,(H,26,27). The van der Waals surface area contributed by atoms with Crippen molar-refractivity contribution in [1.82, 2.24) is 19.5 Å². The minimum absolute atomic E-state index is 0.133. The largest absolute Gasteiger partial charge is 0.484 e. The van der Waals surface area contributed by atoms with Gasteiger partial charge in [-0.3, -0.25) is 9.55 Å². The molecule has 0 radical (unpaired) electrons. The Balaban J connectivity index is 1.54. The summed E-state index contributed by atoms with van der Waals surface area (Å²) in [4.78, 5) is 13.3. The van der Waals surface area contributed by atoms with Gasteiger partial charge in [0.05, 0.1) is 23.4 Å². The van der Waals surface area contributed by atoms with Crippen LogP contribution in [-0.4, -0.2) is 32.3 Å². The molecule has 148 valence electrons. The molecule has 2 aromatic heterocycles. The van der Waals surface area contributed by atoms with Crippen molar-refractivity contribution in [2.24, 2.45) is 0 Å². The normalized spacial score (nSPS) is 11.6. The number of hydrogen-bond acceptors (Lipinski definition) is 5. The maximum atomic E-state index is 12.2. The van der Waals surface area contributed by atoms with E-state index in [9.17, 15) is 13.2 Å². The molecule has 0 bridgehead atoms. The van der Waals surface area contributed by atoms with Crippen LogP contribution in [-0.2, 0) is 0 Å². The predicted octanol–water partition coefficient (Wildman–Crippen LogP) is 4.81. The van der Waals surface area contributed by atoms with Crippen LogP contribution in [0, 0.1) is 6.92 Å². The van der Waals surface area contributed by atoms with Gasteiger partial charge in [0.2, 0.25) is 0 Å². The Hall–Kier alpha value is -3.62. The molecule has 0 saturated heterocycles. The van der Waals surface area contributed by atoms with E-state index in [0.717, 1.165) is 16.9 Å². The first-order chi connectivity index (χ1) is 13.9. The van der Waals surface area contributed by atoms with Crippen LogP contribution in [0.1, 0.15) is 5.82 Å². The lowest BCUT2D eigenvalue weighted by Crippen LogP contribution is -2.19. The van der Waals surface area contributed by atoms with Gasteiger partial charge in [0.25, 0.3) is 0 Å². The Morgan fingerprint density at radius 1 is 1.00 bits per heavy atom. The van der Waals surface area contributed by atoms with Crippen molar-refractivity contribution < 1.29 is 17.9 Å². The first kappa shape index (κ1) is 18.7. The number of aryl methyl sites for hydroxylation is 1. The fourth-order valence-corrected chi connectivity index (χ4v) is 2.91. The second-order valence-electron chi connectivity index (χ2n) is 6.30. The summed E-state index contributed by atoms with van der Waals surface area (Å²) >= 11 is 0. The van der Waals surface area contributed by atoms with Crippen LogP contribution in [0.3, 0.4) is 0 Å². The average molecular weight is 399 g/mol. The molecule has 4 aromatic rings. The number of nitrogens with one attached hydrogen (secondary N) is 1. The van der Waals surface area contributed by atoms with Crippen LogP contribution in [0.15, 0.2) is 60.9 Å². The zero-order chi connectivity index (χ0) is 20.4. The molecule has 0 unspecified atom stereocenters. The molecular weight excluding hydrogens is 383 g/mol. The molecule has 2 heterocycles. The molecule has 0 fully saturated rings. The van der Waals surface area contributed by atoms with Crippen LogP contribution in [0.2, 0.25) is 0 Å². The quantitative estimate of drug-likeness (QED) is 0.522. The number of nitrogens with zero attached hydrogens (tertiary/aromatic N) is 4. The summed E-state index contributed by atoms with van der Waals surface area (Å²) < 4.78 is 43.3. The van der Waals surface area contributed by atoms with Gasteiger partial charge in [-0.15, -0.1) is 0 Å². The summed E-state index contributed by atoms with van der Waals surface area (Å²) in [6, 6.07) is 13.9. The number of aromatic nitrogens is 4. The molecule has 0 spiro atoms. The highest BCUT2D eigenvalue weighted by Crippen LogP contribution is 2.23. The van der Waals surface area contributed by atoms with Gasteiger partial charge in [-0.05, 0) is 43.3 Å². The van der Waals surface area contributed by atoms with Gasteiger partial charge in [0.15, 0.2) is 18.2 Å². The molecule has 6 nitrogen and oxygen atoms in total. The molecule has 2 aromatic carbocycles. The highest BCUT2D eigenvalue weighted by atomic mass is 19.4. The first-order valence-corrected chi connectivity index (χ1v) is 8.72. The lowest BCUT2D eigenvalue weighted by atomic mass is 10.3. The van der Waals surface area contributed by atoms with Gasteiger partial charge < -0.3 is 10.1 Å². The third kappa shape index (κ3) is 4.29. The zero-order valence-electron chi connectivity index (χ0n) is 15.3. The van der Waals surface area contributed by atoms with Gasteiger partial charge >= 0.3 is 6.18 Å². The van der Waals surface area contributed by atoms with Crippen LogP contribution in [0.25, 0.3) is 16.9 Å². The van der Waals surface area contributed by atoms with Gasteiger partial charge in [-0.25, -0.2) is 9.97 Å². The number of hydrogen-bond donors (Lipinski definition) is 1. The topological polar surface area (TPSA) is 64.9 Å². The number of imidazole rings is 1. The van der Waals surface area contributed by atoms with Gasteiger partial charge in [0.1, 0.15) is 11.6 Å². The Bertz CT molecular complexity index is 1140. The smallest absolute Gasteiger partial charge is 0.422 e. The molecule has 0 aliphatic carbocycles. The molecule has 0 aliphatic rings. The Morgan fingerprint density at radius 2 is 1.76 bits per heavy atom. The van der Waals surface area contributed by atoms with E-state index in [-0.39, 0.29) is 5.75 Å². The number of rotatable bonds is 5. The molecule has 0 aliphatic heterocycles. The predicted molar refractivity (Wildman–Crippen MR) is 103 cm³/mol. The van der Waals surface area contributed by atoms with Crippen molar-refractivity contribution in [1.29, 1.82) is 0 Å². The molecule has 9 heteroatoms. The first-order valence-electron chi connectivity index (χ1n) is 8.72. The van der Waals surface area contributed by atoms with Crippen LogP contribution < -0.4 is 10.1 Å². The van der Waals surface area contributed by atoms with Crippen molar-refractivity contribution in [3.05, 3.63) is 66.7 Å². The average Bonchev–Trinajstić information content (AvgIpc) is 3.03. The number of alkyl halides is 3. The zero-order valence-corrected chi connectivity index (χ0v) is 15.3. The highest BCUT2D eigenvalue weighted by Gasteiger charge is 2.28. The second kappa shape index (κ2) is 7.42. The van der Waals surface area contributed by atoms with Crippen LogP contribution in [0.4, 0.5) is 24.7 Å². The molecule has 0 atom stereocenters. The van der Waals surface area contributed by atoms with E-state index in [0.29, 0.717) is 17.3 Å². The van der Waals surface area contributed by atoms with E-state index in [1.165, 1.54) is 12.1 Å². The molecule has 0 amide bonds. The van der Waals surface area contributed by atoms with Gasteiger partial charge in [-0.2, -0.15) is 13.2 Å². The number of anilines is 2. The molecule has 29 heavy (non-hydrogen) atoms. The third-order valence-corrected chi connectivity index (χ3v) is 4.11. The Kier molecular flexibility index (Phi) is 4.79. The summed E-state index contributed by atoms with van der Waals surface area (Å²) in [7, 11) is 0. The van der Waals surface area contributed by atoms with Crippen LogP contribution >= 0.6 is 0 Å². The summed E-state index contributed by atoms with van der Waals surface area (Å²) in [6.07, 6.45) is -1.17. The molecule has 4 rings (SSSR count). The van der Waals surface area contributed by atoms with E-state index in [1.807, 2.05) is 35.8 Å². The second-order valence-corrected chi connectivity index (χ2v) is 6.30. The molecule has 0 saturated carbocycles. The van der Waals surface area contributed by atoms with Crippen molar-refractivity contribution in [2.45, 2.75) is 13.1 Å². The van der Waals surface area contributed by atoms with Crippen LogP contribution in [0.5, 0.6) is 5.75 Å². The number of ether oxygens (including phenoxy) is 1. The monoisotopic (exact) mass is 399 g/mol. The lowest BCUT2D eigenvalue weighted by molar-refractivity contribution is -0.153. The van der Waals surface area contributed by atoms with Crippen molar-refractivity contribution in [3.63, 3.8) is 0 Å². The number of fused-ring (bicyclic) bond motifs is 1. The minimum Gasteiger partial charge on any atom is -0.484 e. The summed E-state index contributed by atoms with van der Waals surface area (Å²) in [5, 5.41) is 3.09. The fraction of sp³-hybridized carbons (Fsp3) is 0.150. The number of benzene rings is 2. The molecule has 1 N–H and O–H groups in total. The SMILES string of the molecule is Cc1nc2ccccc2n1-c1cncc(Nc2ccc(OCC(F)(F)F)cc2)n1. The fourth-order valence-electron chi connectivity index (χ4n) is 2.91. The van der Waals surface area contributed by atoms with Gasteiger partial charge in [0, 0.05) is 5.69 Å². The highest BCUT2D eigenvalue weighted by molar-refractivity contribution is 5.77. The number of halogens is 3. The van der Waals surface area contributed by atoms with E-state index in [4.69, 9.17) is 4.74 Å². The van der Waals surface area contributed by atoms with E-state index in [2.05, 4.69) is 20.3 Å². The van der Waals surface area contributed by atoms with E-state index in [1.54, 1.807) is 24.5 Å². The minimum atomic E-state index is -4.37. The van der Waals surface area contributed by atoms with Crippen molar-refractivity contribution in [3.8, 4) is 11.6 Å². The Morgan fingerprint density at radius 3 is 2.52 bits per heavy atom. The van der Waals surface area contributed by atoms with E-state index < -0.39 is 12.8 Å². The van der Waals surface area contributed by atoms with Crippen molar-refractivity contribution in [2.75, 3.05) is 11.9 Å². The summed E-state index contributed by atoms with van der Waals surface area (Å²) in [5.74, 6) is 2.01. The summed E-state index contributed by atoms with van der Waals surface area (Å²) in [5.41, 5.74) is 2.42. The maximum absolute atomic E-state index is 12.2. The van der Waals surface area contributed by atoms with Gasteiger partial charge in [-0.1, -0.05) is 12.1 Å². The number of para-hydroxylation sites is 2. The van der Waals surface area contributed by atoms with Crippen molar-refractivity contribution >= 4 is 22.5 Å². The summed E-state index contributed by atoms with van der Waals surface area (Å²) in [6.45, 7) is 0.562. The van der Waals surface area contributed by atoms with E-state index >= 15 is 0 Å². The lowest BCUT2D eigenvalue weighted by Gasteiger charge is -2.11. The Labute approximate surface area is 164 Å².